The van der Waals surface area contributed by atoms with Gasteiger partial charge in [-0.3, -0.25) is 9.55 Å². The third-order valence-electron chi connectivity index (χ3n) is 4.28. The molecule has 0 saturated heterocycles. The number of rotatable bonds is 4. The number of pyridine rings is 2. The third-order valence-corrected chi connectivity index (χ3v) is 4.28. The van der Waals surface area contributed by atoms with Crippen LogP contribution in [0.25, 0.3) is 17.5 Å². The summed E-state index contributed by atoms with van der Waals surface area (Å²) in [7, 11) is 0. The SMILES string of the molecule is N#Cc1cccn1-c1nc(Nc2ccnc(C(F)(F)F)c2)nc(-c2cccc(C(F)(F)F)n2)n1. The van der Waals surface area contributed by atoms with Crippen molar-refractivity contribution in [3.63, 3.8) is 0 Å². The number of anilines is 2. The van der Waals surface area contributed by atoms with Gasteiger partial charge < -0.3 is 5.32 Å². The Hall–Kier alpha value is -4.54. The number of halogens is 6. The second kappa shape index (κ2) is 8.43. The van der Waals surface area contributed by atoms with Crippen molar-refractivity contribution in [1.82, 2.24) is 29.5 Å². The van der Waals surface area contributed by atoms with Crippen molar-refractivity contribution in [1.29, 1.82) is 5.26 Å². The Kier molecular flexibility index (Phi) is 5.61. The highest BCUT2D eigenvalue weighted by Crippen LogP contribution is 2.31. The fraction of sp³-hybridized carbons (Fsp3) is 0.100. The average molecular weight is 476 g/mol. The Morgan fingerprint density at radius 3 is 2.32 bits per heavy atom. The molecule has 8 nitrogen and oxygen atoms in total. The molecule has 0 bridgehead atoms. The van der Waals surface area contributed by atoms with Gasteiger partial charge in [0.15, 0.2) is 5.82 Å². The van der Waals surface area contributed by atoms with Crippen molar-refractivity contribution >= 4 is 11.6 Å². The van der Waals surface area contributed by atoms with Gasteiger partial charge in [0.05, 0.1) is 0 Å². The summed E-state index contributed by atoms with van der Waals surface area (Å²) in [6.45, 7) is 0. The summed E-state index contributed by atoms with van der Waals surface area (Å²) in [6.07, 6.45) is -7.09. The molecule has 0 radical (unpaired) electrons. The predicted octanol–water partition coefficient (Wildman–Crippen LogP) is 4.77. The standard InChI is InChI=1S/C20H10F6N8/c21-19(22,23)14-5-1-4-13(30-14)16-31-17(29-11-6-7-28-15(9-11)20(24,25)26)33-18(32-16)34-8-2-3-12(34)10-27/h1-9H,(H,28,29,31,32,33). The molecule has 0 aliphatic rings. The Morgan fingerprint density at radius 1 is 0.853 bits per heavy atom. The largest absolute Gasteiger partial charge is 0.433 e. The number of hydrogen-bond donors (Lipinski definition) is 1. The molecule has 0 aliphatic carbocycles. The summed E-state index contributed by atoms with van der Waals surface area (Å²) in [5, 5.41) is 11.8. The van der Waals surface area contributed by atoms with Crippen LogP contribution in [0.5, 0.6) is 0 Å². The zero-order valence-electron chi connectivity index (χ0n) is 16.6. The topological polar surface area (TPSA) is 105 Å². The molecule has 172 valence electrons. The lowest BCUT2D eigenvalue weighted by Gasteiger charge is -2.12. The number of nitriles is 1. The summed E-state index contributed by atoms with van der Waals surface area (Å²) in [5.41, 5.74) is -2.62. The molecule has 4 rings (SSSR count). The first-order valence-electron chi connectivity index (χ1n) is 9.23. The molecular formula is C20H10F6N8. The molecule has 0 unspecified atom stereocenters. The molecule has 0 spiro atoms. The van der Waals surface area contributed by atoms with Crippen molar-refractivity contribution in [2.24, 2.45) is 0 Å². The number of nitrogens with one attached hydrogen (secondary N) is 1. The quantitative estimate of drug-likeness (QED) is 0.423. The van der Waals surface area contributed by atoms with Crippen LogP contribution in [0, 0.1) is 11.3 Å². The molecule has 14 heteroatoms. The number of nitrogens with zero attached hydrogens (tertiary/aromatic N) is 7. The van der Waals surface area contributed by atoms with Crippen molar-refractivity contribution in [3.05, 3.63) is 71.9 Å². The maximum Gasteiger partial charge on any atom is 0.433 e. The summed E-state index contributed by atoms with van der Waals surface area (Å²) in [4.78, 5) is 19.0. The van der Waals surface area contributed by atoms with E-state index in [2.05, 4.69) is 30.2 Å². The molecule has 34 heavy (non-hydrogen) atoms. The second-order valence-electron chi connectivity index (χ2n) is 6.62. The summed E-state index contributed by atoms with van der Waals surface area (Å²) >= 11 is 0. The van der Waals surface area contributed by atoms with Gasteiger partial charge in [-0.05, 0) is 36.4 Å². The van der Waals surface area contributed by atoms with Crippen LogP contribution in [0.2, 0.25) is 0 Å². The molecule has 4 aromatic rings. The Bertz CT molecular complexity index is 1390. The molecule has 0 fully saturated rings. The van der Waals surface area contributed by atoms with Gasteiger partial charge >= 0.3 is 12.4 Å². The van der Waals surface area contributed by atoms with Crippen LogP contribution >= 0.6 is 0 Å². The van der Waals surface area contributed by atoms with Gasteiger partial charge in [-0.2, -0.15) is 46.6 Å². The monoisotopic (exact) mass is 476 g/mol. The van der Waals surface area contributed by atoms with Crippen molar-refractivity contribution in [2.45, 2.75) is 12.4 Å². The minimum Gasteiger partial charge on any atom is -0.324 e. The van der Waals surface area contributed by atoms with E-state index in [9.17, 15) is 31.6 Å². The van der Waals surface area contributed by atoms with Crippen LogP contribution in [0.4, 0.5) is 38.0 Å². The van der Waals surface area contributed by atoms with E-state index in [0.717, 1.165) is 18.3 Å². The van der Waals surface area contributed by atoms with Gasteiger partial charge in [0.2, 0.25) is 11.9 Å². The van der Waals surface area contributed by atoms with Gasteiger partial charge in [0.1, 0.15) is 28.8 Å². The summed E-state index contributed by atoms with van der Waals surface area (Å²) in [5.74, 6) is -0.768. The van der Waals surface area contributed by atoms with Gasteiger partial charge in [-0.1, -0.05) is 6.07 Å². The van der Waals surface area contributed by atoms with E-state index < -0.39 is 23.7 Å². The Labute approximate surface area is 186 Å². The van der Waals surface area contributed by atoms with Gasteiger partial charge in [-0.25, -0.2) is 4.98 Å². The maximum absolute atomic E-state index is 13.1. The van der Waals surface area contributed by atoms with Crippen LogP contribution in [0.3, 0.4) is 0 Å². The summed E-state index contributed by atoms with van der Waals surface area (Å²) < 4.78 is 79.6. The van der Waals surface area contributed by atoms with E-state index in [1.807, 2.05) is 6.07 Å². The highest BCUT2D eigenvalue weighted by atomic mass is 19.4. The molecule has 0 saturated carbocycles. The minimum atomic E-state index is -4.73. The molecule has 0 amide bonds. The highest BCUT2D eigenvalue weighted by molar-refractivity contribution is 5.58. The fourth-order valence-corrected chi connectivity index (χ4v) is 2.80. The normalized spacial score (nSPS) is 11.8. The lowest BCUT2D eigenvalue weighted by molar-refractivity contribution is -0.141. The molecular weight excluding hydrogens is 466 g/mol. The van der Waals surface area contributed by atoms with E-state index >= 15 is 0 Å². The zero-order valence-corrected chi connectivity index (χ0v) is 16.6. The van der Waals surface area contributed by atoms with Crippen molar-refractivity contribution in [3.8, 4) is 23.5 Å². The molecule has 0 aliphatic heterocycles. The van der Waals surface area contributed by atoms with E-state index in [4.69, 9.17) is 0 Å². The van der Waals surface area contributed by atoms with E-state index in [-0.39, 0.29) is 34.8 Å². The molecule has 0 atom stereocenters. The van der Waals surface area contributed by atoms with Crippen molar-refractivity contribution < 1.29 is 26.3 Å². The van der Waals surface area contributed by atoms with Crippen molar-refractivity contribution in [2.75, 3.05) is 5.32 Å². The first-order chi connectivity index (χ1) is 16.0. The van der Waals surface area contributed by atoms with E-state index in [0.29, 0.717) is 6.07 Å². The van der Waals surface area contributed by atoms with E-state index in [1.165, 1.54) is 35.0 Å². The predicted molar refractivity (Wildman–Crippen MR) is 105 cm³/mol. The first-order valence-corrected chi connectivity index (χ1v) is 9.23. The van der Waals surface area contributed by atoms with Crippen LogP contribution < -0.4 is 5.32 Å². The van der Waals surface area contributed by atoms with Crippen LogP contribution in [0.15, 0.2) is 54.9 Å². The number of alkyl halides is 6. The molecule has 1 N–H and O–H groups in total. The number of hydrogen-bond acceptors (Lipinski definition) is 7. The van der Waals surface area contributed by atoms with E-state index in [1.54, 1.807) is 0 Å². The lowest BCUT2D eigenvalue weighted by atomic mass is 10.3. The van der Waals surface area contributed by atoms with Crippen LogP contribution in [-0.4, -0.2) is 29.5 Å². The van der Waals surface area contributed by atoms with Gasteiger partial charge in [0, 0.05) is 18.1 Å². The van der Waals surface area contributed by atoms with Gasteiger partial charge in [0.25, 0.3) is 0 Å². The first kappa shape index (κ1) is 22.6. The molecule has 4 aromatic heterocycles. The highest BCUT2D eigenvalue weighted by Gasteiger charge is 2.33. The lowest BCUT2D eigenvalue weighted by Crippen LogP contribution is -2.12. The van der Waals surface area contributed by atoms with Crippen LogP contribution in [0.1, 0.15) is 17.1 Å². The second-order valence-corrected chi connectivity index (χ2v) is 6.62. The molecule has 0 aromatic carbocycles. The maximum atomic E-state index is 13.1. The Balaban J connectivity index is 1.83. The average Bonchev–Trinajstić information content (AvgIpc) is 3.27. The number of aromatic nitrogens is 6. The minimum absolute atomic E-state index is 0.0876. The zero-order chi connectivity index (χ0) is 24.5. The molecule has 4 heterocycles. The summed E-state index contributed by atoms with van der Waals surface area (Å²) in [6, 6.07) is 9.88. The third kappa shape index (κ3) is 4.77. The Morgan fingerprint density at radius 2 is 1.62 bits per heavy atom. The van der Waals surface area contributed by atoms with Gasteiger partial charge in [-0.15, -0.1) is 0 Å². The fourth-order valence-electron chi connectivity index (χ4n) is 2.80. The van der Waals surface area contributed by atoms with Crippen LogP contribution in [-0.2, 0) is 12.4 Å². The smallest absolute Gasteiger partial charge is 0.324 e.